The van der Waals surface area contributed by atoms with E-state index < -0.39 is 0 Å². The molecule has 20 heavy (non-hydrogen) atoms. The van der Waals surface area contributed by atoms with Gasteiger partial charge in [-0.25, -0.2) is 4.79 Å². The summed E-state index contributed by atoms with van der Waals surface area (Å²) in [4.78, 5) is 11.3. The third-order valence-electron chi connectivity index (χ3n) is 2.90. The fraction of sp³-hybridized carbons (Fsp3) is 0.533. The van der Waals surface area contributed by atoms with E-state index in [4.69, 9.17) is 10.5 Å². The molecule has 112 valence electrons. The molecule has 0 amide bonds. The Kier molecular flexibility index (Phi) is 7.50. The normalized spacial score (nSPS) is 10.3. The van der Waals surface area contributed by atoms with Gasteiger partial charge in [-0.3, -0.25) is 0 Å². The van der Waals surface area contributed by atoms with Gasteiger partial charge in [0.15, 0.2) is 0 Å². The van der Waals surface area contributed by atoms with Gasteiger partial charge in [0.25, 0.3) is 0 Å². The highest BCUT2D eigenvalue weighted by molar-refractivity contribution is 5.91. The molecular weight excluding hydrogens is 256 g/mol. The molecule has 0 aliphatic heterocycles. The lowest BCUT2D eigenvalue weighted by Crippen LogP contribution is -2.09. The minimum absolute atomic E-state index is 0.382. The number of carbonyl (C=O) groups excluding carboxylic acids is 1. The molecule has 5 heteroatoms. The molecule has 0 heterocycles. The second-order valence-corrected chi connectivity index (χ2v) is 4.54. The molecule has 0 aromatic heterocycles. The van der Waals surface area contributed by atoms with Gasteiger partial charge >= 0.3 is 5.97 Å². The van der Waals surface area contributed by atoms with Gasteiger partial charge in [0.2, 0.25) is 0 Å². The van der Waals surface area contributed by atoms with E-state index in [-0.39, 0.29) is 5.97 Å². The largest absolute Gasteiger partial charge is 0.465 e. The summed E-state index contributed by atoms with van der Waals surface area (Å²) < 4.78 is 10.1. The molecule has 1 aromatic rings. The number of benzene rings is 1. The number of ether oxygens (including phenoxy) is 2. The van der Waals surface area contributed by atoms with Crippen LogP contribution in [0.4, 0.5) is 11.4 Å². The Bertz CT molecular complexity index is 422. The molecule has 3 N–H and O–H groups in total. The van der Waals surface area contributed by atoms with E-state index >= 15 is 0 Å². The Morgan fingerprint density at radius 2 is 2.05 bits per heavy atom. The molecule has 0 radical (unpaired) electrons. The van der Waals surface area contributed by atoms with Crippen LogP contribution in [0.1, 0.15) is 36.5 Å². The standard InChI is InChI=1S/C15H24N2O3/c1-3-4-9-20-10-5-8-17-14-7-6-12(11-13(14)16)15(18)19-2/h6-7,11,17H,3-5,8-10,16H2,1-2H3. The summed E-state index contributed by atoms with van der Waals surface area (Å²) in [6.45, 7) is 4.50. The number of hydrogen-bond acceptors (Lipinski definition) is 5. The molecule has 0 aliphatic carbocycles. The van der Waals surface area contributed by atoms with E-state index in [1.807, 2.05) is 0 Å². The molecule has 0 saturated carbocycles. The van der Waals surface area contributed by atoms with Gasteiger partial charge in [-0.05, 0) is 31.0 Å². The van der Waals surface area contributed by atoms with Crippen LogP contribution in [0, 0.1) is 0 Å². The summed E-state index contributed by atoms with van der Waals surface area (Å²) in [5.74, 6) is -0.382. The van der Waals surface area contributed by atoms with E-state index in [1.165, 1.54) is 7.11 Å². The molecule has 0 aliphatic rings. The fourth-order valence-corrected chi connectivity index (χ4v) is 1.71. The monoisotopic (exact) mass is 280 g/mol. The molecule has 0 fully saturated rings. The van der Waals surface area contributed by atoms with E-state index in [9.17, 15) is 4.79 Å². The number of carbonyl (C=O) groups is 1. The number of nitrogens with two attached hydrogens (primary N) is 1. The van der Waals surface area contributed by atoms with Crippen molar-refractivity contribution >= 4 is 17.3 Å². The van der Waals surface area contributed by atoms with Crippen molar-refractivity contribution in [2.24, 2.45) is 0 Å². The Labute approximate surface area is 120 Å². The maximum absolute atomic E-state index is 11.3. The van der Waals surface area contributed by atoms with Crippen LogP contribution in [0.3, 0.4) is 0 Å². The van der Waals surface area contributed by atoms with Crippen molar-refractivity contribution in [1.29, 1.82) is 0 Å². The van der Waals surface area contributed by atoms with Gasteiger partial charge in [0, 0.05) is 19.8 Å². The highest BCUT2D eigenvalue weighted by Crippen LogP contribution is 2.20. The van der Waals surface area contributed by atoms with E-state index in [0.29, 0.717) is 11.3 Å². The van der Waals surface area contributed by atoms with Crippen molar-refractivity contribution in [3.05, 3.63) is 23.8 Å². The minimum Gasteiger partial charge on any atom is -0.465 e. The van der Waals surface area contributed by atoms with Crippen molar-refractivity contribution in [3.8, 4) is 0 Å². The number of esters is 1. The third-order valence-corrected chi connectivity index (χ3v) is 2.90. The van der Waals surface area contributed by atoms with E-state index in [0.717, 1.165) is 44.7 Å². The number of methoxy groups -OCH3 is 1. The molecule has 0 unspecified atom stereocenters. The molecular formula is C15H24N2O3. The van der Waals surface area contributed by atoms with Crippen LogP contribution in [-0.4, -0.2) is 32.8 Å². The molecule has 5 nitrogen and oxygen atoms in total. The first-order chi connectivity index (χ1) is 9.69. The Morgan fingerprint density at radius 3 is 2.70 bits per heavy atom. The van der Waals surface area contributed by atoms with Gasteiger partial charge in [-0.1, -0.05) is 13.3 Å². The van der Waals surface area contributed by atoms with Gasteiger partial charge in [-0.2, -0.15) is 0 Å². The predicted octanol–water partition coefficient (Wildman–Crippen LogP) is 2.67. The Hall–Kier alpha value is -1.75. The summed E-state index contributed by atoms with van der Waals surface area (Å²) >= 11 is 0. The second-order valence-electron chi connectivity index (χ2n) is 4.54. The number of hydrogen-bond donors (Lipinski definition) is 2. The van der Waals surface area contributed by atoms with Crippen molar-refractivity contribution in [1.82, 2.24) is 0 Å². The lowest BCUT2D eigenvalue weighted by atomic mass is 10.1. The van der Waals surface area contributed by atoms with E-state index in [1.54, 1.807) is 18.2 Å². The smallest absolute Gasteiger partial charge is 0.337 e. The topological polar surface area (TPSA) is 73.6 Å². The number of nitrogens with one attached hydrogen (secondary N) is 1. The SMILES string of the molecule is CCCCOCCCNc1ccc(C(=O)OC)cc1N. The quantitative estimate of drug-likeness (QED) is 0.413. The first-order valence-electron chi connectivity index (χ1n) is 6.98. The van der Waals surface area contributed by atoms with Crippen molar-refractivity contribution < 1.29 is 14.3 Å². The predicted molar refractivity (Wildman–Crippen MR) is 81.0 cm³/mol. The summed E-state index contributed by atoms with van der Waals surface area (Å²) in [6.07, 6.45) is 3.18. The maximum Gasteiger partial charge on any atom is 0.337 e. The van der Waals surface area contributed by atoms with E-state index in [2.05, 4.69) is 17.0 Å². The summed E-state index contributed by atoms with van der Waals surface area (Å²) in [5.41, 5.74) is 7.72. The minimum atomic E-state index is -0.382. The maximum atomic E-state index is 11.3. The zero-order valence-corrected chi connectivity index (χ0v) is 12.3. The zero-order valence-electron chi connectivity index (χ0n) is 12.3. The Morgan fingerprint density at radius 1 is 1.30 bits per heavy atom. The summed E-state index contributed by atoms with van der Waals surface area (Å²) in [5, 5.41) is 3.23. The number of anilines is 2. The summed E-state index contributed by atoms with van der Waals surface area (Å²) in [7, 11) is 1.35. The average molecular weight is 280 g/mol. The van der Waals surface area contributed by atoms with Crippen LogP contribution in [0.5, 0.6) is 0 Å². The zero-order chi connectivity index (χ0) is 14.8. The highest BCUT2D eigenvalue weighted by Gasteiger charge is 2.07. The lowest BCUT2D eigenvalue weighted by Gasteiger charge is -2.10. The first-order valence-corrected chi connectivity index (χ1v) is 6.98. The van der Waals surface area contributed by atoms with Crippen molar-refractivity contribution in [2.45, 2.75) is 26.2 Å². The number of nitrogen functional groups attached to an aromatic ring is 1. The number of unbranched alkanes of at least 4 members (excludes halogenated alkanes) is 1. The van der Waals surface area contributed by atoms with Gasteiger partial charge in [0.1, 0.15) is 0 Å². The van der Waals surface area contributed by atoms with Crippen LogP contribution >= 0.6 is 0 Å². The van der Waals surface area contributed by atoms with Crippen LogP contribution in [0.15, 0.2) is 18.2 Å². The second kappa shape index (κ2) is 9.20. The number of rotatable bonds is 9. The fourth-order valence-electron chi connectivity index (χ4n) is 1.71. The van der Waals surface area contributed by atoms with Gasteiger partial charge in [0.05, 0.1) is 24.0 Å². The van der Waals surface area contributed by atoms with Crippen molar-refractivity contribution in [2.75, 3.05) is 37.9 Å². The third kappa shape index (κ3) is 5.48. The summed E-state index contributed by atoms with van der Waals surface area (Å²) in [6, 6.07) is 5.10. The molecule has 1 rings (SSSR count). The van der Waals surface area contributed by atoms with Crippen molar-refractivity contribution in [3.63, 3.8) is 0 Å². The Balaban J connectivity index is 2.32. The van der Waals surface area contributed by atoms with Crippen LogP contribution in [0.2, 0.25) is 0 Å². The highest BCUT2D eigenvalue weighted by atomic mass is 16.5. The molecule has 0 atom stereocenters. The van der Waals surface area contributed by atoms with Gasteiger partial charge in [-0.15, -0.1) is 0 Å². The lowest BCUT2D eigenvalue weighted by molar-refractivity contribution is 0.0601. The van der Waals surface area contributed by atoms with Crippen LogP contribution < -0.4 is 11.1 Å². The van der Waals surface area contributed by atoms with Crippen LogP contribution in [0.25, 0.3) is 0 Å². The average Bonchev–Trinajstić information content (AvgIpc) is 2.46. The molecule has 0 saturated heterocycles. The molecule has 1 aromatic carbocycles. The van der Waals surface area contributed by atoms with Crippen LogP contribution in [-0.2, 0) is 9.47 Å². The molecule has 0 bridgehead atoms. The first kappa shape index (κ1) is 16.3. The van der Waals surface area contributed by atoms with Gasteiger partial charge < -0.3 is 20.5 Å². The molecule has 0 spiro atoms.